The van der Waals surface area contributed by atoms with E-state index in [1.54, 1.807) is 4.90 Å². The molecule has 1 N–H and O–H groups in total. The molecule has 4 heterocycles. The third-order valence-electron chi connectivity index (χ3n) is 8.87. The number of piperidine rings is 1. The SMILES string of the molecule is O=C1CC[C@H](N2Cc3cc(O[C@@H]4CCCC[C@H]4N4CC(c5ccc6ccccc6n5)C4)ccc3C2=O)C(=O)N1. The zero-order valence-electron chi connectivity index (χ0n) is 21.8. The van der Waals surface area contributed by atoms with Crippen molar-refractivity contribution >= 4 is 28.6 Å². The van der Waals surface area contributed by atoms with Crippen molar-refractivity contribution in [2.24, 2.45) is 0 Å². The van der Waals surface area contributed by atoms with Crippen molar-refractivity contribution in [3.05, 3.63) is 71.4 Å². The number of amides is 3. The summed E-state index contributed by atoms with van der Waals surface area (Å²) in [5.74, 6) is 0.398. The Morgan fingerprint density at radius 3 is 2.64 bits per heavy atom. The van der Waals surface area contributed by atoms with E-state index in [9.17, 15) is 14.4 Å². The first-order chi connectivity index (χ1) is 19.0. The molecular weight excluding hydrogens is 492 g/mol. The summed E-state index contributed by atoms with van der Waals surface area (Å²) in [6.07, 6.45) is 5.21. The number of benzene rings is 2. The fourth-order valence-corrected chi connectivity index (χ4v) is 6.71. The maximum absolute atomic E-state index is 13.0. The summed E-state index contributed by atoms with van der Waals surface area (Å²) in [5.41, 5.74) is 3.71. The summed E-state index contributed by atoms with van der Waals surface area (Å²) < 4.78 is 6.59. The number of likely N-dealkylation sites (tertiary alicyclic amines) is 1. The lowest BCUT2D eigenvalue weighted by molar-refractivity contribution is -0.136. The van der Waals surface area contributed by atoms with Gasteiger partial charge in [-0.1, -0.05) is 30.7 Å². The molecule has 200 valence electrons. The molecule has 8 heteroatoms. The van der Waals surface area contributed by atoms with Crippen molar-refractivity contribution in [1.29, 1.82) is 0 Å². The summed E-state index contributed by atoms with van der Waals surface area (Å²) in [6, 6.07) is 18.0. The second-order valence-corrected chi connectivity index (χ2v) is 11.3. The Morgan fingerprint density at radius 1 is 0.923 bits per heavy atom. The Morgan fingerprint density at radius 2 is 1.77 bits per heavy atom. The van der Waals surface area contributed by atoms with Crippen LogP contribution in [0.5, 0.6) is 5.75 Å². The van der Waals surface area contributed by atoms with Gasteiger partial charge in [0.25, 0.3) is 5.91 Å². The molecule has 7 rings (SSSR count). The van der Waals surface area contributed by atoms with E-state index in [1.807, 2.05) is 30.3 Å². The smallest absolute Gasteiger partial charge is 0.255 e. The van der Waals surface area contributed by atoms with Crippen LogP contribution in [0.2, 0.25) is 0 Å². The average molecular weight is 525 g/mol. The minimum Gasteiger partial charge on any atom is -0.489 e. The topological polar surface area (TPSA) is 91.8 Å². The number of aromatic nitrogens is 1. The van der Waals surface area contributed by atoms with E-state index in [1.165, 1.54) is 17.5 Å². The zero-order chi connectivity index (χ0) is 26.5. The molecule has 3 aromatic rings. The number of nitrogens with zero attached hydrogens (tertiary/aromatic N) is 3. The number of para-hydroxylation sites is 1. The summed E-state index contributed by atoms with van der Waals surface area (Å²) in [7, 11) is 0. The Kier molecular flexibility index (Phi) is 6.07. The Balaban J connectivity index is 1.02. The summed E-state index contributed by atoms with van der Waals surface area (Å²) in [4.78, 5) is 46.0. The second-order valence-electron chi connectivity index (χ2n) is 11.3. The van der Waals surface area contributed by atoms with Gasteiger partial charge in [-0.2, -0.15) is 0 Å². The first kappa shape index (κ1) is 24.3. The molecule has 3 fully saturated rings. The van der Waals surface area contributed by atoms with Gasteiger partial charge in [0.15, 0.2) is 0 Å². The standard InChI is InChI=1S/C31H32N4O4/c36-29-14-13-27(30(37)33-29)35-18-20-15-22(10-11-23(20)31(35)38)39-28-8-4-3-7-26(28)34-16-21(17-34)25-12-9-19-5-1-2-6-24(19)32-25/h1-2,5-6,9-12,15,21,26-28H,3-4,7-8,13-14,16-18H2,(H,33,36,37)/t26-,27+,28-/m1/s1. The molecule has 0 spiro atoms. The highest BCUT2D eigenvalue weighted by molar-refractivity contribution is 6.05. The zero-order valence-corrected chi connectivity index (χ0v) is 21.8. The van der Waals surface area contributed by atoms with Crippen LogP contribution in [0.4, 0.5) is 0 Å². The van der Waals surface area contributed by atoms with Crippen LogP contribution >= 0.6 is 0 Å². The van der Waals surface area contributed by atoms with Crippen molar-refractivity contribution in [3.8, 4) is 5.75 Å². The van der Waals surface area contributed by atoms with Gasteiger partial charge in [0.05, 0.1) is 5.52 Å². The average Bonchev–Trinajstić information content (AvgIpc) is 3.24. The van der Waals surface area contributed by atoms with E-state index >= 15 is 0 Å². The number of hydrogen-bond acceptors (Lipinski definition) is 6. The first-order valence-corrected chi connectivity index (χ1v) is 14.1. The second kappa shape index (κ2) is 9.75. The van der Waals surface area contributed by atoms with Crippen molar-refractivity contribution in [2.45, 2.75) is 69.2 Å². The van der Waals surface area contributed by atoms with Gasteiger partial charge in [0, 0.05) is 54.7 Å². The minimum atomic E-state index is -0.605. The lowest BCUT2D eigenvalue weighted by Gasteiger charge is -2.48. The molecule has 1 aliphatic carbocycles. The molecular formula is C31H32N4O4. The normalized spacial score (nSPS) is 25.9. The van der Waals surface area contributed by atoms with Crippen molar-refractivity contribution in [2.75, 3.05) is 13.1 Å². The third kappa shape index (κ3) is 4.46. The third-order valence-corrected chi connectivity index (χ3v) is 8.87. The number of ether oxygens (including phenoxy) is 1. The number of nitrogens with one attached hydrogen (secondary N) is 1. The van der Waals surface area contributed by atoms with Gasteiger partial charge in [0.2, 0.25) is 11.8 Å². The first-order valence-electron chi connectivity index (χ1n) is 14.1. The summed E-state index contributed by atoms with van der Waals surface area (Å²) >= 11 is 0. The van der Waals surface area contributed by atoms with Gasteiger partial charge in [-0.3, -0.25) is 29.6 Å². The molecule has 3 aliphatic heterocycles. The van der Waals surface area contributed by atoms with E-state index in [4.69, 9.17) is 9.72 Å². The quantitative estimate of drug-likeness (QED) is 0.511. The van der Waals surface area contributed by atoms with Crippen LogP contribution in [0.25, 0.3) is 10.9 Å². The van der Waals surface area contributed by atoms with Gasteiger partial charge >= 0.3 is 0 Å². The molecule has 0 bridgehead atoms. The van der Waals surface area contributed by atoms with Gasteiger partial charge in [-0.25, -0.2) is 0 Å². The lowest BCUT2D eigenvalue weighted by atomic mass is 9.85. The number of pyridine rings is 1. The summed E-state index contributed by atoms with van der Waals surface area (Å²) in [6.45, 7) is 2.35. The monoisotopic (exact) mass is 524 g/mol. The molecule has 39 heavy (non-hydrogen) atoms. The van der Waals surface area contributed by atoms with E-state index in [2.05, 4.69) is 34.5 Å². The summed E-state index contributed by atoms with van der Waals surface area (Å²) in [5, 5.41) is 3.54. The maximum Gasteiger partial charge on any atom is 0.255 e. The number of carbonyl (C=O) groups is 3. The van der Waals surface area contributed by atoms with Crippen LogP contribution in [0.15, 0.2) is 54.6 Å². The predicted octanol–water partition coefficient (Wildman–Crippen LogP) is 3.79. The highest BCUT2D eigenvalue weighted by Gasteiger charge is 2.41. The molecule has 0 radical (unpaired) electrons. The molecule has 3 atom stereocenters. The number of hydrogen-bond donors (Lipinski definition) is 1. The van der Waals surface area contributed by atoms with E-state index in [0.29, 0.717) is 30.5 Å². The number of imide groups is 1. The molecule has 0 unspecified atom stereocenters. The Labute approximate surface area is 227 Å². The van der Waals surface area contributed by atoms with E-state index in [0.717, 1.165) is 49.2 Å². The number of rotatable bonds is 5. The molecule has 1 aromatic heterocycles. The van der Waals surface area contributed by atoms with Crippen LogP contribution in [-0.2, 0) is 16.1 Å². The Hall–Kier alpha value is -3.78. The van der Waals surface area contributed by atoms with Crippen molar-refractivity contribution < 1.29 is 19.1 Å². The molecule has 2 aromatic carbocycles. The molecule has 2 saturated heterocycles. The molecule has 8 nitrogen and oxygen atoms in total. The molecule has 3 amide bonds. The predicted molar refractivity (Wildman–Crippen MR) is 145 cm³/mol. The highest BCUT2D eigenvalue weighted by Crippen LogP contribution is 2.36. The lowest BCUT2D eigenvalue weighted by Crippen LogP contribution is -2.57. The van der Waals surface area contributed by atoms with Gasteiger partial charge in [-0.15, -0.1) is 0 Å². The van der Waals surface area contributed by atoms with Gasteiger partial charge in [0.1, 0.15) is 17.9 Å². The van der Waals surface area contributed by atoms with Crippen LogP contribution in [0.1, 0.15) is 66.1 Å². The number of fused-ring (bicyclic) bond motifs is 2. The fraction of sp³-hybridized carbons (Fsp3) is 0.419. The van der Waals surface area contributed by atoms with Gasteiger partial charge in [-0.05, 0) is 61.6 Å². The van der Waals surface area contributed by atoms with Crippen molar-refractivity contribution in [3.63, 3.8) is 0 Å². The van der Waals surface area contributed by atoms with Crippen LogP contribution < -0.4 is 10.1 Å². The Bertz CT molecular complexity index is 1470. The fourth-order valence-electron chi connectivity index (χ4n) is 6.71. The largest absolute Gasteiger partial charge is 0.489 e. The highest BCUT2D eigenvalue weighted by atomic mass is 16.5. The molecule has 4 aliphatic rings. The minimum absolute atomic E-state index is 0.102. The van der Waals surface area contributed by atoms with Crippen LogP contribution in [-0.4, -0.2) is 63.8 Å². The van der Waals surface area contributed by atoms with Crippen molar-refractivity contribution in [1.82, 2.24) is 20.1 Å². The van der Waals surface area contributed by atoms with Crippen LogP contribution in [0.3, 0.4) is 0 Å². The van der Waals surface area contributed by atoms with Gasteiger partial charge < -0.3 is 9.64 Å². The number of carbonyl (C=O) groups excluding carboxylic acids is 3. The maximum atomic E-state index is 13.0. The molecule has 1 saturated carbocycles. The van der Waals surface area contributed by atoms with E-state index < -0.39 is 6.04 Å². The van der Waals surface area contributed by atoms with Crippen LogP contribution in [0, 0.1) is 0 Å². The van der Waals surface area contributed by atoms with E-state index in [-0.39, 0.29) is 30.2 Å².